The third-order valence-corrected chi connectivity index (χ3v) is 3.82. The van der Waals surface area contributed by atoms with Gasteiger partial charge in [0.15, 0.2) is 0 Å². The van der Waals surface area contributed by atoms with Crippen molar-refractivity contribution in [2.75, 3.05) is 32.5 Å². The van der Waals surface area contributed by atoms with E-state index in [1.807, 2.05) is 0 Å². The van der Waals surface area contributed by atoms with Gasteiger partial charge in [-0.25, -0.2) is 0 Å². The molecule has 1 nitrogen and oxygen atoms in total. The average Bonchev–Trinajstić information content (AvgIpc) is 2.25. The Balaban J connectivity index is 0. The lowest BCUT2D eigenvalue weighted by atomic mass is 10.1. The van der Waals surface area contributed by atoms with E-state index in [9.17, 15) is 0 Å². The van der Waals surface area contributed by atoms with Crippen molar-refractivity contribution < 1.29 is 16.9 Å². The molecule has 0 atom stereocenters. The minimum atomic E-state index is 0. The van der Waals surface area contributed by atoms with Gasteiger partial charge in [-0.2, -0.15) is 0 Å². The first-order valence-corrected chi connectivity index (χ1v) is 8.12. The lowest BCUT2D eigenvalue weighted by Gasteiger charge is -2.29. The van der Waals surface area contributed by atoms with Crippen LogP contribution in [0.25, 0.3) is 0 Å². The standard InChI is InChI=1S/C14H31BrN.ClH/c1-4-5-6-7-8-9-10-13-16(2,3)14-11-12-15;/h4-14H2,1-3H3;1H/q+1;/p-1. The summed E-state index contributed by atoms with van der Waals surface area (Å²) in [6.07, 6.45) is 11.2. The Morgan fingerprint density at radius 1 is 0.765 bits per heavy atom. The number of halogens is 2. The molecule has 0 saturated heterocycles. The molecule has 0 amide bonds. The predicted octanol–water partition coefficient (Wildman–Crippen LogP) is 1.60. The number of nitrogens with zero attached hydrogens (tertiary/aromatic N) is 1. The van der Waals surface area contributed by atoms with Crippen LogP contribution in [0.2, 0.25) is 0 Å². The van der Waals surface area contributed by atoms with E-state index in [1.165, 1.54) is 68.9 Å². The van der Waals surface area contributed by atoms with Crippen LogP contribution in [0.5, 0.6) is 0 Å². The van der Waals surface area contributed by atoms with Gasteiger partial charge in [0.2, 0.25) is 0 Å². The topological polar surface area (TPSA) is 0 Å². The third kappa shape index (κ3) is 14.7. The van der Waals surface area contributed by atoms with Gasteiger partial charge < -0.3 is 16.9 Å². The lowest BCUT2D eigenvalue weighted by Crippen LogP contribution is -3.00. The van der Waals surface area contributed by atoms with Crippen LogP contribution in [-0.2, 0) is 0 Å². The zero-order valence-electron chi connectivity index (χ0n) is 12.0. The van der Waals surface area contributed by atoms with E-state index in [1.54, 1.807) is 0 Å². The molecule has 0 heterocycles. The molecule has 0 spiro atoms. The van der Waals surface area contributed by atoms with Crippen molar-refractivity contribution in [3.8, 4) is 0 Å². The van der Waals surface area contributed by atoms with Crippen LogP contribution >= 0.6 is 15.9 Å². The molecule has 0 unspecified atom stereocenters. The minimum Gasteiger partial charge on any atom is -1.00 e. The van der Waals surface area contributed by atoms with E-state index in [2.05, 4.69) is 36.9 Å². The van der Waals surface area contributed by atoms with Gasteiger partial charge in [-0.3, -0.25) is 0 Å². The summed E-state index contributed by atoms with van der Waals surface area (Å²) in [6.45, 7) is 4.94. The van der Waals surface area contributed by atoms with Gasteiger partial charge in [0.1, 0.15) is 0 Å². The van der Waals surface area contributed by atoms with Crippen LogP contribution in [-0.4, -0.2) is 37.0 Å². The van der Waals surface area contributed by atoms with Crippen molar-refractivity contribution in [3.63, 3.8) is 0 Å². The average molecular weight is 329 g/mol. The van der Waals surface area contributed by atoms with E-state index in [0.29, 0.717) is 0 Å². The summed E-state index contributed by atoms with van der Waals surface area (Å²) in [5, 5.41) is 1.14. The molecule has 0 aliphatic heterocycles. The molecule has 0 radical (unpaired) electrons. The van der Waals surface area contributed by atoms with Crippen LogP contribution < -0.4 is 12.4 Å². The molecule has 0 N–H and O–H groups in total. The Morgan fingerprint density at radius 3 is 1.76 bits per heavy atom. The van der Waals surface area contributed by atoms with Gasteiger partial charge in [-0.1, -0.05) is 55.0 Å². The highest BCUT2D eigenvalue weighted by atomic mass is 79.9. The molecule has 0 aromatic heterocycles. The van der Waals surface area contributed by atoms with Crippen molar-refractivity contribution in [2.45, 2.75) is 58.3 Å². The normalized spacial score (nSPS) is 11.3. The van der Waals surface area contributed by atoms with Crippen molar-refractivity contribution in [1.29, 1.82) is 0 Å². The molecule has 0 aliphatic rings. The van der Waals surface area contributed by atoms with Gasteiger partial charge in [0.05, 0.1) is 27.2 Å². The molecule has 0 aliphatic carbocycles. The predicted molar refractivity (Wildman–Crippen MR) is 78.2 cm³/mol. The minimum absolute atomic E-state index is 0. The lowest BCUT2D eigenvalue weighted by molar-refractivity contribution is -0.890. The Labute approximate surface area is 123 Å². The first-order valence-electron chi connectivity index (χ1n) is 7.00. The largest absolute Gasteiger partial charge is 1.00 e. The highest BCUT2D eigenvalue weighted by molar-refractivity contribution is 9.09. The van der Waals surface area contributed by atoms with E-state index in [-0.39, 0.29) is 12.4 Å². The quantitative estimate of drug-likeness (QED) is 0.307. The Hall–Kier alpha value is 0.730. The van der Waals surface area contributed by atoms with Gasteiger partial charge in [-0.15, -0.1) is 0 Å². The molecule has 3 heteroatoms. The summed E-state index contributed by atoms with van der Waals surface area (Å²) in [4.78, 5) is 0. The number of rotatable bonds is 11. The maximum atomic E-state index is 3.51. The molecule has 17 heavy (non-hydrogen) atoms. The summed E-state index contributed by atoms with van der Waals surface area (Å²) in [6, 6.07) is 0. The highest BCUT2D eigenvalue weighted by Crippen LogP contribution is 2.09. The second-order valence-corrected chi connectivity index (χ2v) is 6.34. The zero-order valence-corrected chi connectivity index (χ0v) is 14.3. The molecule has 0 saturated carbocycles. The van der Waals surface area contributed by atoms with Crippen molar-refractivity contribution in [1.82, 2.24) is 0 Å². The Kier molecular flexibility index (Phi) is 15.5. The van der Waals surface area contributed by atoms with Gasteiger partial charge in [-0.05, 0) is 12.8 Å². The van der Waals surface area contributed by atoms with Gasteiger partial charge in [0.25, 0.3) is 0 Å². The summed E-state index contributed by atoms with van der Waals surface area (Å²) < 4.78 is 1.20. The fraction of sp³-hybridized carbons (Fsp3) is 1.00. The first kappa shape index (κ1) is 20.1. The molecule has 0 aromatic rings. The molecule has 0 rings (SSSR count). The smallest absolute Gasteiger partial charge is 0.0790 e. The molecule has 0 bridgehead atoms. The van der Waals surface area contributed by atoms with Crippen LogP contribution in [0, 0.1) is 0 Å². The Bertz CT molecular complexity index is 151. The van der Waals surface area contributed by atoms with E-state index in [0.717, 1.165) is 5.33 Å². The second kappa shape index (κ2) is 13.2. The number of unbranched alkanes of at least 4 members (excludes halogenated alkanes) is 6. The summed E-state index contributed by atoms with van der Waals surface area (Å²) >= 11 is 3.51. The molecule has 106 valence electrons. The van der Waals surface area contributed by atoms with Crippen molar-refractivity contribution in [3.05, 3.63) is 0 Å². The summed E-state index contributed by atoms with van der Waals surface area (Å²) in [5.41, 5.74) is 0. The second-order valence-electron chi connectivity index (χ2n) is 5.55. The Morgan fingerprint density at radius 2 is 1.24 bits per heavy atom. The highest BCUT2D eigenvalue weighted by Gasteiger charge is 2.12. The molecular weight excluding hydrogens is 298 g/mol. The number of hydrogen-bond acceptors (Lipinski definition) is 0. The fourth-order valence-electron chi connectivity index (χ4n) is 2.10. The first-order chi connectivity index (χ1) is 7.62. The molecular formula is C14H31BrClN. The zero-order chi connectivity index (χ0) is 12.3. The number of hydrogen-bond donors (Lipinski definition) is 0. The van der Waals surface area contributed by atoms with E-state index >= 15 is 0 Å². The van der Waals surface area contributed by atoms with E-state index < -0.39 is 0 Å². The monoisotopic (exact) mass is 327 g/mol. The number of quaternary nitrogens is 1. The van der Waals surface area contributed by atoms with Crippen molar-refractivity contribution >= 4 is 15.9 Å². The van der Waals surface area contributed by atoms with Crippen LogP contribution in [0.15, 0.2) is 0 Å². The van der Waals surface area contributed by atoms with Crippen LogP contribution in [0.4, 0.5) is 0 Å². The summed E-state index contributed by atoms with van der Waals surface area (Å²) in [5.74, 6) is 0. The number of alkyl halides is 1. The molecule has 0 fully saturated rings. The molecule has 0 aromatic carbocycles. The van der Waals surface area contributed by atoms with Crippen molar-refractivity contribution in [2.24, 2.45) is 0 Å². The van der Waals surface area contributed by atoms with Crippen LogP contribution in [0.3, 0.4) is 0 Å². The van der Waals surface area contributed by atoms with E-state index in [4.69, 9.17) is 0 Å². The SMILES string of the molecule is CCCCCCCCC[N+](C)(C)CCCBr.[Cl-]. The third-order valence-electron chi connectivity index (χ3n) is 3.26. The van der Waals surface area contributed by atoms with Gasteiger partial charge >= 0.3 is 0 Å². The van der Waals surface area contributed by atoms with Crippen LogP contribution in [0.1, 0.15) is 58.3 Å². The van der Waals surface area contributed by atoms with Gasteiger partial charge in [0, 0.05) is 11.8 Å². The maximum absolute atomic E-state index is 3.51. The fourth-order valence-corrected chi connectivity index (χ4v) is 2.35. The maximum Gasteiger partial charge on any atom is 0.0790 e. The summed E-state index contributed by atoms with van der Waals surface area (Å²) in [7, 11) is 4.72.